The molecule has 3 N–H and O–H groups in total. The summed E-state index contributed by atoms with van der Waals surface area (Å²) in [6, 6.07) is 4.41. The topological polar surface area (TPSA) is 84.9 Å². The molecule has 19 heavy (non-hydrogen) atoms. The third-order valence-corrected chi connectivity index (χ3v) is 3.10. The summed E-state index contributed by atoms with van der Waals surface area (Å²) in [6.45, 7) is 0. The van der Waals surface area contributed by atoms with Crippen molar-refractivity contribution in [1.29, 1.82) is 5.41 Å². The van der Waals surface area contributed by atoms with Gasteiger partial charge >= 0.3 is 6.01 Å². The van der Waals surface area contributed by atoms with Gasteiger partial charge < -0.3 is 10.5 Å². The smallest absolute Gasteiger partial charge is 0.322 e. The quantitative estimate of drug-likeness (QED) is 0.515. The van der Waals surface area contributed by atoms with Gasteiger partial charge in [-0.1, -0.05) is 34.8 Å². The van der Waals surface area contributed by atoms with Crippen LogP contribution >= 0.6 is 34.8 Å². The van der Waals surface area contributed by atoms with Crippen LogP contribution in [0.3, 0.4) is 0 Å². The fraction of sp³-hybridized carbons (Fsp3) is 0. The standard InChI is InChI=1S/C11H7Cl3N4O/c12-5-3-7(14)9(4-6(5)13)19-11-17-2-1-8(18-11)10(15)16/h1-4H,(H3,15,16). The van der Waals surface area contributed by atoms with E-state index >= 15 is 0 Å². The van der Waals surface area contributed by atoms with Crippen molar-refractivity contribution < 1.29 is 4.74 Å². The van der Waals surface area contributed by atoms with Crippen LogP contribution in [0.4, 0.5) is 0 Å². The Morgan fingerprint density at radius 3 is 2.53 bits per heavy atom. The van der Waals surface area contributed by atoms with E-state index in [1.807, 2.05) is 0 Å². The Bertz CT molecular complexity index is 648. The molecule has 8 heteroatoms. The molecule has 0 atom stereocenters. The van der Waals surface area contributed by atoms with Crippen molar-refractivity contribution in [3.05, 3.63) is 45.2 Å². The molecule has 0 saturated carbocycles. The second-order valence-corrected chi connectivity index (χ2v) is 4.66. The van der Waals surface area contributed by atoms with E-state index in [1.165, 1.54) is 24.4 Å². The number of nitrogens with zero attached hydrogens (tertiary/aromatic N) is 2. The molecule has 0 radical (unpaired) electrons. The van der Waals surface area contributed by atoms with Gasteiger partial charge in [-0.25, -0.2) is 4.98 Å². The number of nitrogens with one attached hydrogen (secondary N) is 1. The molecule has 0 unspecified atom stereocenters. The maximum atomic E-state index is 7.28. The zero-order valence-corrected chi connectivity index (χ0v) is 11.6. The first-order chi connectivity index (χ1) is 8.97. The molecular weight excluding hydrogens is 311 g/mol. The second-order valence-electron chi connectivity index (χ2n) is 3.44. The summed E-state index contributed by atoms with van der Waals surface area (Å²) < 4.78 is 5.39. The van der Waals surface area contributed by atoms with Crippen molar-refractivity contribution in [2.45, 2.75) is 0 Å². The highest BCUT2D eigenvalue weighted by Gasteiger charge is 2.10. The van der Waals surface area contributed by atoms with Gasteiger partial charge in [-0.05, 0) is 12.1 Å². The lowest BCUT2D eigenvalue weighted by atomic mass is 10.3. The van der Waals surface area contributed by atoms with Crippen molar-refractivity contribution in [3.63, 3.8) is 0 Å². The van der Waals surface area contributed by atoms with Gasteiger partial charge in [-0.2, -0.15) is 4.98 Å². The summed E-state index contributed by atoms with van der Waals surface area (Å²) in [4.78, 5) is 7.83. The average Bonchev–Trinajstić information content (AvgIpc) is 2.36. The molecule has 0 saturated heterocycles. The Balaban J connectivity index is 2.33. The summed E-state index contributed by atoms with van der Waals surface area (Å²) in [5.74, 6) is 0.0734. The number of aromatic nitrogens is 2. The molecule has 2 aromatic rings. The molecule has 2 rings (SSSR count). The van der Waals surface area contributed by atoms with Gasteiger partial charge in [0.1, 0.15) is 11.5 Å². The minimum Gasteiger partial charge on any atom is -0.423 e. The van der Waals surface area contributed by atoms with Crippen LogP contribution in [-0.2, 0) is 0 Å². The van der Waals surface area contributed by atoms with Crippen molar-refractivity contribution in [1.82, 2.24) is 9.97 Å². The fourth-order valence-corrected chi connectivity index (χ4v) is 1.80. The second kappa shape index (κ2) is 5.61. The average molecular weight is 318 g/mol. The number of amidine groups is 1. The molecule has 1 aromatic carbocycles. The molecule has 0 amide bonds. The molecule has 0 aliphatic heterocycles. The number of nitrogens with two attached hydrogens (primary N) is 1. The van der Waals surface area contributed by atoms with E-state index in [9.17, 15) is 0 Å². The Morgan fingerprint density at radius 1 is 1.16 bits per heavy atom. The van der Waals surface area contributed by atoms with Crippen LogP contribution in [0.5, 0.6) is 11.8 Å². The number of halogens is 3. The normalized spacial score (nSPS) is 10.3. The van der Waals surface area contributed by atoms with E-state index in [1.54, 1.807) is 0 Å². The summed E-state index contributed by atoms with van der Waals surface area (Å²) in [7, 11) is 0. The van der Waals surface area contributed by atoms with Crippen LogP contribution < -0.4 is 10.5 Å². The minimum atomic E-state index is -0.188. The fourth-order valence-electron chi connectivity index (χ4n) is 1.22. The molecule has 5 nitrogen and oxygen atoms in total. The summed E-state index contributed by atoms with van der Waals surface area (Å²) >= 11 is 17.6. The number of benzene rings is 1. The molecule has 98 valence electrons. The molecule has 1 heterocycles. The maximum Gasteiger partial charge on any atom is 0.322 e. The van der Waals surface area contributed by atoms with E-state index in [-0.39, 0.29) is 28.3 Å². The Labute approximate surface area is 123 Å². The van der Waals surface area contributed by atoms with Gasteiger partial charge in [-0.15, -0.1) is 0 Å². The predicted octanol–water partition coefficient (Wildman–Crippen LogP) is 3.51. The van der Waals surface area contributed by atoms with Crippen LogP contribution in [0.15, 0.2) is 24.4 Å². The maximum absolute atomic E-state index is 7.28. The van der Waals surface area contributed by atoms with E-state index in [2.05, 4.69) is 9.97 Å². The van der Waals surface area contributed by atoms with Crippen LogP contribution in [0.25, 0.3) is 0 Å². The third-order valence-electron chi connectivity index (χ3n) is 2.09. The lowest BCUT2D eigenvalue weighted by Crippen LogP contribution is -2.13. The summed E-state index contributed by atoms with van der Waals surface area (Å²) in [5.41, 5.74) is 5.57. The molecular formula is C11H7Cl3N4O. The highest BCUT2D eigenvalue weighted by atomic mass is 35.5. The summed E-state index contributed by atoms with van der Waals surface area (Å²) in [5, 5.41) is 8.17. The van der Waals surface area contributed by atoms with Crippen LogP contribution in [0.1, 0.15) is 5.69 Å². The number of hydrogen-bond acceptors (Lipinski definition) is 4. The van der Waals surface area contributed by atoms with Gasteiger partial charge in [0, 0.05) is 12.3 Å². The predicted molar refractivity (Wildman–Crippen MR) is 74.6 cm³/mol. The Kier molecular flexibility index (Phi) is 4.09. The number of nitrogen functional groups attached to an aromatic ring is 1. The van der Waals surface area contributed by atoms with Gasteiger partial charge in [0.15, 0.2) is 5.75 Å². The van der Waals surface area contributed by atoms with E-state index in [4.69, 9.17) is 50.7 Å². The largest absolute Gasteiger partial charge is 0.423 e. The SMILES string of the molecule is N=C(N)c1ccnc(Oc2cc(Cl)c(Cl)cc2Cl)n1. The van der Waals surface area contributed by atoms with Crippen molar-refractivity contribution in [2.24, 2.45) is 5.73 Å². The zero-order chi connectivity index (χ0) is 14.0. The Hall–Kier alpha value is -1.56. The number of rotatable bonds is 3. The van der Waals surface area contributed by atoms with Crippen LogP contribution in [-0.4, -0.2) is 15.8 Å². The van der Waals surface area contributed by atoms with Gasteiger partial charge in [0.25, 0.3) is 0 Å². The highest BCUT2D eigenvalue weighted by molar-refractivity contribution is 6.43. The summed E-state index contributed by atoms with van der Waals surface area (Å²) in [6.07, 6.45) is 1.42. The lowest BCUT2D eigenvalue weighted by Gasteiger charge is -2.07. The molecule has 0 bridgehead atoms. The van der Waals surface area contributed by atoms with E-state index < -0.39 is 0 Å². The molecule has 0 aliphatic rings. The molecule has 0 fully saturated rings. The van der Waals surface area contributed by atoms with Crippen LogP contribution in [0.2, 0.25) is 15.1 Å². The first kappa shape index (κ1) is 13.9. The third kappa shape index (κ3) is 3.26. The number of hydrogen-bond donors (Lipinski definition) is 2. The molecule has 0 aliphatic carbocycles. The monoisotopic (exact) mass is 316 g/mol. The number of ether oxygens (including phenoxy) is 1. The van der Waals surface area contributed by atoms with Crippen molar-refractivity contribution in [2.75, 3.05) is 0 Å². The van der Waals surface area contributed by atoms with E-state index in [0.717, 1.165) is 0 Å². The van der Waals surface area contributed by atoms with Crippen molar-refractivity contribution in [3.8, 4) is 11.8 Å². The van der Waals surface area contributed by atoms with E-state index in [0.29, 0.717) is 10.0 Å². The highest BCUT2D eigenvalue weighted by Crippen LogP contribution is 2.35. The Morgan fingerprint density at radius 2 is 1.84 bits per heavy atom. The van der Waals surface area contributed by atoms with Crippen LogP contribution in [0, 0.1) is 5.41 Å². The first-order valence-corrected chi connectivity index (χ1v) is 6.10. The minimum absolute atomic E-state index is 0.00740. The molecule has 1 aromatic heterocycles. The van der Waals surface area contributed by atoms with Crippen molar-refractivity contribution >= 4 is 40.6 Å². The van der Waals surface area contributed by atoms with Gasteiger partial charge in [0.2, 0.25) is 0 Å². The van der Waals surface area contributed by atoms with Gasteiger partial charge in [-0.3, -0.25) is 5.41 Å². The zero-order valence-electron chi connectivity index (χ0n) is 9.32. The lowest BCUT2D eigenvalue weighted by molar-refractivity contribution is 0.441. The van der Waals surface area contributed by atoms with Gasteiger partial charge in [0.05, 0.1) is 15.1 Å². The molecule has 0 spiro atoms. The first-order valence-electron chi connectivity index (χ1n) is 4.97.